The van der Waals surface area contributed by atoms with Crippen molar-refractivity contribution in [3.05, 3.63) is 83.3 Å². The molecule has 232 valence electrons. The number of hydrogen-bond acceptors (Lipinski definition) is 6. The molecular weight excluding hydrogens is 574 g/mol. The molecule has 44 heavy (non-hydrogen) atoms. The molecule has 3 N–H and O–H groups in total. The lowest BCUT2D eigenvalue weighted by Gasteiger charge is -2.47. The number of hydrogen-bond donors (Lipinski definition) is 3. The number of rotatable bonds is 9. The summed E-state index contributed by atoms with van der Waals surface area (Å²) in [6.07, 6.45) is 6.75. The van der Waals surface area contributed by atoms with Gasteiger partial charge in [-0.2, -0.15) is 0 Å². The smallest absolute Gasteiger partial charge is 0.330 e. The predicted molar refractivity (Wildman–Crippen MR) is 155 cm³/mol. The van der Waals surface area contributed by atoms with Gasteiger partial charge in [0, 0.05) is 37.2 Å². The number of aliphatic carboxylic acids is 1. The zero-order valence-electron chi connectivity index (χ0n) is 24.0. The largest absolute Gasteiger partial charge is 0.493 e. The highest BCUT2D eigenvalue weighted by Gasteiger charge is 2.41. The Balaban J connectivity index is 1.01. The topological polar surface area (TPSA) is 124 Å². The number of imide groups is 1. The fourth-order valence-corrected chi connectivity index (χ4v) is 6.58. The molecule has 0 unspecified atom stereocenters. The van der Waals surface area contributed by atoms with Crippen LogP contribution >= 0.6 is 0 Å². The van der Waals surface area contributed by atoms with Crippen molar-refractivity contribution < 1.29 is 37.4 Å². The van der Waals surface area contributed by atoms with E-state index in [9.17, 15) is 23.2 Å². The minimum atomic E-state index is -1.07. The highest BCUT2D eigenvalue weighted by molar-refractivity contribution is 6.03. The number of carbonyl (C=O) groups excluding carboxylic acids is 2. The first-order valence-electron chi connectivity index (χ1n) is 14.8. The van der Waals surface area contributed by atoms with Crippen molar-refractivity contribution in [2.75, 3.05) is 31.6 Å². The number of halogens is 2. The number of para-hydroxylation sites is 1. The summed E-state index contributed by atoms with van der Waals surface area (Å²) in [5.41, 5.74) is 2.21. The van der Waals surface area contributed by atoms with E-state index >= 15 is 0 Å². The van der Waals surface area contributed by atoms with Crippen LogP contribution in [0.1, 0.15) is 60.8 Å². The summed E-state index contributed by atoms with van der Waals surface area (Å²) < 4.78 is 38.8. The van der Waals surface area contributed by atoms with Crippen molar-refractivity contribution in [2.45, 2.75) is 50.1 Å². The van der Waals surface area contributed by atoms with Gasteiger partial charge in [0.1, 0.15) is 12.0 Å². The maximum Gasteiger partial charge on any atom is 0.330 e. The van der Waals surface area contributed by atoms with E-state index in [0.717, 1.165) is 67.1 Å². The first-order chi connectivity index (χ1) is 21.3. The number of carbonyl (C=O) groups is 3. The Bertz CT molecular complexity index is 1530. The number of ether oxygens (including phenoxy) is 1. The number of amides is 4. The van der Waals surface area contributed by atoms with Crippen LogP contribution in [0.25, 0.3) is 0 Å². The van der Waals surface area contributed by atoms with Crippen molar-refractivity contribution in [3.63, 3.8) is 0 Å². The Morgan fingerprint density at radius 3 is 2.55 bits per heavy atom. The minimum Gasteiger partial charge on any atom is -0.493 e. The molecule has 3 aromatic rings. The van der Waals surface area contributed by atoms with Crippen LogP contribution in [-0.4, -0.2) is 65.2 Å². The predicted octanol–water partition coefficient (Wildman–Crippen LogP) is 5.72. The van der Waals surface area contributed by atoms with E-state index in [-0.39, 0.29) is 24.5 Å². The Labute approximate surface area is 253 Å². The van der Waals surface area contributed by atoms with Gasteiger partial charge in [0.2, 0.25) is 0 Å². The lowest BCUT2D eigenvalue weighted by Crippen LogP contribution is -2.57. The summed E-state index contributed by atoms with van der Waals surface area (Å²) in [7, 11) is 0. The molecule has 4 amide bonds. The molecule has 10 nitrogen and oxygen atoms in total. The van der Waals surface area contributed by atoms with Crippen LogP contribution in [0.5, 0.6) is 5.75 Å². The highest BCUT2D eigenvalue weighted by atomic mass is 19.2. The van der Waals surface area contributed by atoms with Crippen LogP contribution in [0.4, 0.5) is 24.1 Å². The molecule has 1 atom stereocenters. The highest BCUT2D eigenvalue weighted by Crippen LogP contribution is 2.41. The van der Waals surface area contributed by atoms with Crippen molar-refractivity contribution in [1.29, 1.82) is 0 Å². The van der Waals surface area contributed by atoms with Gasteiger partial charge < -0.3 is 24.9 Å². The van der Waals surface area contributed by atoms with Crippen molar-refractivity contribution in [2.24, 2.45) is 5.92 Å². The number of fused-ring (bicyclic) bond motifs is 1. The Morgan fingerprint density at radius 1 is 1.02 bits per heavy atom. The molecular formula is C32H34F2N4O6. The standard InChI is InChI=1S/C32H34F2N4O6/c33-25-10-7-21(13-26(25)34)30-24-17-43-18-27(24)36-32(42)38(30)31(41)35-14-19-15-37(16-19)22-8-5-20(6-9-22)23-3-1-2-4-28(23)44-12-11-29(39)40/h1-4,7,10,13,17-20,22,30H,5-6,8-9,11-12,14-16H2,(H,35,41)(H,36,42)(H,39,40)/t20?,22?,30-/m0/s1. The summed E-state index contributed by atoms with van der Waals surface area (Å²) in [5.74, 6) is -1.64. The van der Waals surface area contributed by atoms with E-state index in [0.29, 0.717) is 29.8 Å². The number of carboxylic acids is 1. The molecule has 2 aromatic carbocycles. The normalized spacial score (nSPS) is 22.1. The third-order valence-corrected chi connectivity index (χ3v) is 8.86. The summed E-state index contributed by atoms with van der Waals surface area (Å²) in [6.45, 7) is 2.17. The molecule has 3 heterocycles. The van der Waals surface area contributed by atoms with Crippen molar-refractivity contribution >= 4 is 23.7 Å². The molecule has 2 aliphatic heterocycles. The number of urea groups is 2. The Kier molecular flexibility index (Phi) is 8.51. The summed E-state index contributed by atoms with van der Waals surface area (Å²) in [6, 6.07) is 9.31. The lowest BCUT2D eigenvalue weighted by molar-refractivity contribution is -0.137. The molecule has 1 aliphatic carbocycles. The van der Waals surface area contributed by atoms with Gasteiger partial charge in [0.15, 0.2) is 11.6 Å². The number of nitrogens with zero attached hydrogens (tertiary/aromatic N) is 2. The summed E-state index contributed by atoms with van der Waals surface area (Å²) in [4.78, 5) is 40.5. The van der Waals surface area contributed by atoms with Gasteiger partial charge in [0.05, 0.1) is 31.0 Å². The van der Waals surface area contributed by atoms with E-state index in [1.165, 1.54) is 18.6 Å². The van der Waals surface area contributed by atoms with Crippen molar-refractivity contribution in [1.82, 2.24) is 15.1 Å². The summed E-state index contributed by atoms with van der Waals surface area (Å²) >= 11 is 0. The number of anilines is 1. The van der Waals surface area contributed by atoms with Crippen LogP contribution in [0.2, 0.25) is 0 Å². The van der Waals surface area contributed by atoms with E-state index in [4.69, 9.17) is 14.3 Å². The zero-order valence-corrected chi connectivity index (χ0v) is 24.0. The Morgan fingerprint density at radius 2 is 1.80 bits per heavy atom. The molecule has 6 rings (SSSR count). The van der Waals surface area contributed by atoms with E-state index in [1.807, 2.05) is 18.2 Å². The maximum atomic E-state index is 14.1. The third kappa shape index (κ3) is 6.12. The molecule has 0 radical (unpaired) electrons. The molecule has 2 fully saturated rings. The van der Waals surface area contributed by atoms with Gasteiger partial charge in [-0.15, -0.1) is 0 Å². The Hall–Kier alpha value is -4.45. The molecule has 1 saturated carbocycles. The number of benzene rings is 2. The average molecular weight is 609 g/mol. The first-order valence-corrected chi connectivity index (χ1v) is 14.8. The second-order valence-corrected chi connectivity index (χ2v) is 11.7. The van der Waals surface area contributed by atoms with Gasteiger partial charge in [0.25, 0.3) is 0 Å². The minimum absolute atomic E-state index is 0.0387. The quantitative estimate of drug-likeness (QED) is 0.284. The van der Waals surface area contributed by atoms with Gasteiger partial charge in [-0.3, -0.25) is 9.69 Å². The molecule has 3 aliphatic rings. The molecule has 12 heteroatoms. The fraction of sp³-hybridized carbons (Fsp3) is 0.406. The molecule has 0 spiro atoms. The summed E-state index contributed by atoms with van der Waals surface area (Å²) in [5, 5.41) is 14.4. The molecule has 0 bridgehead atoms. The first kappa shape index (κ1) is 29.6. The van der Waals surface area contributed by atoms with Crippen molar-refractivity contribution in [3.8, 4) is 5.75 Å². The van der Waals surface area contributed by atoms with Crippen LogP contribution < -0.4 is 15.4 Å². The molecule has 1 aromatic heterocycles. The van der Waals surface area contributed by atoms with Gasteiger partial charge in [-0.1, -0.05) is 24.3 Å². The number of nitrogens with one attached hydrogen (secondary N) is 2. The van der Waals surface area contributed by atoms with E-state index < -0.39 is 35.7 Å². The van der Waals surface area contributed by atoms with Crippen LogP contribution in [-0.2, 0) is 4.79 Å². The molecule has 1 saturated heterocycles. The number of carboxylic acid groups (broad SMARTS) is 1. The SMILES string of the molecule is O=C(O)CCOc1ccccc1C1CCC(N2CC(CNC(=O)N3C(=O)Nc4cocc4[C@@H]3c3ccc(F)c(F)c3)C2)CC1. The van der Waals surface area contributed by atoms with Gasteiger partial charge in [-0.25, -0.2) is 23.3 Å². The maximum absolute atomic E-state index is 14.1. The van der Waals surface area contributed by atoms with E-state index in [2.05, 4.69) is 21.6 Å². The van der Waals surface area contributed by atoms with Crippen LogP contribution in [0, 0.1) is 17.6 Å². The zero-order chi connectivity index (χ0) is 30.8. The van der Waals surface area contributed by atoms with Gasteiger partial charge in [-0.05, 0) is 60.9 Å². The van der Waals surface area contributed by atoms with Crippen LogP contribution in [0.15, 0.2) is 59.4 Å². The number of likely N-dealkylation sites (tertiary alicyclic amines) is 1. The second-order valence-electron chi connectivity index (χ2n) is 11.7. The monoisotopic (exact) mass is 608 g/mol. The van der Waals surface area contributed by atoms with E-state index in [1.54, 1.807) is 0 Å². The fourth-order valence-electron chi connectivity index (χ4n) is 6.58. The number of furan rings is 1. The van der Waals surface area contributed by atoms with Crippen LogP contribution in [0.3, 0.4) is 0 Å². The van der Waals surface area contributed by atoms with Gasteiger partial charge >= 0.3 is 18.0 Å². The second kappa shape index (κ2) is 12.7. The third-order valence-electron chi connectivity index (χ3n) is 8.86. The lowest BCUT2D eigenvalue weighted by atomic mass is 9.79. The average Bonchev–Trinajstić information content (AvgIpc) is 3.45.